The lowest BCUT2D eigenvalue weighted by atomic mass is 9.77. The van der Waals surface area contributed by atoms with E-state index in [1.807, 2.05) is 12.1 Å². The molecule has 0 fully saturated rings. The van der Waals surface area contributed by atoms with Crippen LogP contribution in [0.5, 0.6) is 0 Å². The number of rotatable bonds is 6. The van der Waals surface area contributed by atoms with Crippen molar-refractivity contribution in [1.29, 1.82) is 0 Å². The van der Waals surface area contributed by atoms with Gasteiger partial charge >= 0.3 is 0 Å². The maximum Gasteiger partial charge on any atom is 0.227 e. The van der Waals surface area contributed by atoms with Crippen molar-refractivity contribution >= 4 is 21.8 Å². The Bertz CT molecular complexity index is 392. The van der Waals surface area contributed by atoms with Crippen molar-refractivity contribution in [2.24, 2.45) is 0 Å². The first-order chi connectivity index (χ1) is 8.33. The lowest BCUT2D eigenvalue weighted by molar-refractivity contribution is -0.123. The van der Waals surface area contributed by atoms with Gasteiger partial charge in [-0.2, -0.15) is 0 Å². The van der Waals surface area contributed by atoms with Crippen LogP contribution in [0.4, 0.5) is 0 Å². The fraction of sp³-hybridized carbons (Fsp3) is 0.500. The van der Waals surface area contributed by atoms with E-state index in [0.717, 1.165) is 24.7 Å². The van der Waals surface area contributed by atoms with Crippen molar-refractivity contribution in [2.75, 3.05) is 11.9 Å². The molecule has 92 valence electrons. The van der Waals surface area contributed by atoms with Crippen LogP contribution in [0.15, 0.2) is 24.3 Å². The maximum atomic E-state index is 11.9. The Labute approximate surface area is 111 Å². The highest BCUT2D eigenvalue weighted by Crippen LogP contribution is 2.34. The number of hydrogen-bond donors (Lipinski definition) is 1. The normalized spacial score (nSPS) is 17.1. The average Bonchev–Trinajstić information content (AvgIpc) is 2.30. The van der Waals surface area contributed by atoms with Crippen LogP contribution in [-0.4, -0.2) is 17.8 Å². The molecule has 3 heteroatoms. The fourth-order valence-corrected chi connectivity index (χ4v) is 2.62. The maximum absolute atomic E-state index is 11.9. The Morgan fingerprint density at radius 2 is 2.12 bits per heavy atom. The molecule has 17 heavy (non-hydrogen) atoms. The Morgan fingerprint density at radius 3 is 2.88 bits per heavy atom. The fourth-order valence-electron chi connectivity index (χ4n) is 2.22. The zero-order valence-electron chi connectivity index (χ0n) is 9.92. The van der Waals surface area contributed by atoms with Crippen LogP contribution in [0.25, 0.3) is 0 Å². The summed E-state index contributed by atoms with van der Waals surface area (Å²) in [6.45, 7) is 0.810. The molecule has 0 aromatic heterocycles. The number of alkyl halides is 1. The quantitative estimate of drug-likeness (QED) is 0.634. The highest BCUT2D eigenvalue weighted by Gasteiger charge is 2.31. The third-order valence-corrected chi connectivity index (χ3v) is 3.84. The van der Waals surface area contributed by atoms with E-state index in [4.69, 9.17) is 0 Å². The molecule has 1 amide bonds. The van der Waals surface area contributed by atoms with Crippen molar-refractivity contribution in [1.82, 2.24) is 5.32 Å². The minimum absolute atomic E-state index is 0.0994. The molecule has 0 aliphatic heterocycles. The second-order valence-corrected chi connectivity index (χ2v) is 5.29. The Morgan fingerprint density at radius 1 is 1.29 bits per heavy atom. The van der Waals surface area contributed by atoms with Crippen LogP contribution in [0.3, 0.4) is 0 Å². The summed E-state index contributed by atoms with van der Waals surface area (Å²) in [7, 11) is 0. The summed E-state index contributed by atoms with van der Waals surface area (Å²) >= 11 is 3.40. The van der Waals surface area contributed by atoms with Gasteiger partial charge in [-0.25, -0.2) is 0 Å². The number of carbonyl (C=O) groups excluding carboxylic acids is 1. The van der Waals surface area contributed by atoms with Gasteiger partial charge in [0.1, 0.15) is 0 Å². The molecule has 1 aliphatic carbocycles. The first-order valence-electron chi connectivity index (χ1n) is 6.24. The van der Waals surface area contributed by atoms with E-state index in [1.54, 1.807) is 0 Å². The second-order valence-electron chi connectivity index (χ2n) is 4.50. The summed E-state index contributed by atoms with van der Waals surface area (Å²) in [6, 6.07) is 8.21. The smallest absolute Gasteiger partial charge is 0.227 e. The first kappa shape index (κ1) is 12.6. The molecule has 2 nitrogen and oxygen atoms in total. The number of fused-ring (bicyclic) bond motifs is 1. The molecule has 0 heterocycles. The van der Waals surface area contributed by atoms with Gasteiger partial charge in [-0.3, -0.25) is 4.79 Å². The summed E-state index contributed by atoms with van der Waals surface area (Å²) in [5, 5.41) is 4.08. The Balaban J connectivity index is 1.72. The molecule has 1 N–H and O–H groups in total. The largest absolute Gasteiger partial charge is 0.356 e. The van der Waals surface area contributed by atoms with E-state index < -0.39 is 0 Å². The van der Waals surface area contributed by atoms with Crippen LogP contribution in [-0.2, 0) is 11.2 Å². The molecule has 2 rings (SSSR count). The molecular formula is C14H18BrNO. The minimum Gasteiger partial charge on any atom is -0.356 e. The van der Waals surface area contributed by atoms with Crippen LogP contribution < -0.4 is 5.32 Å². The number of halogens is 1. The number of carbonyl (C=O) groups is 1. The van der Waals surface area contributed by atoms with Crippen molar-refractivity contribution in [3.63, 3.8) is 0 Å². The van der Waals surface area contributed by atoms with Crippen LogP contribution in [0.2, 0.25) is 0 Å². The van der Waals surface area contributed by atoms with E-state index in [2.05, 4.69) is 33.4 Å². The molecule has 1 aromatic rings. The highest BCUT2D eigenvalue weighted by molar-refractivity contribution is 9.09. The van der Waals surface area contributed by atoms with E-state index in [9.17, 15) is 4.79 Å². The van der Waals surface area contributed by atoms with Gasteiger partial charge < -0.3 is 5.32 Å². The lowest BCUT2D eigenvalue weighted by Crippen LogP contribution is -2.35. The molecule has 0 saturated carbocycles. The Kier molecular flexibility index (Phi) is 4.60. The van der Waals surface area contributed by atoms with Crippen LogP contribution in [0, 0.1) is 0 Å². The van der Waals surface area contributed by atoms with Gasteiger partial charge in [0.25, 0.3) is 0 Å². The summed E-state index contributed by atoms with van der Waals surface area (Å²) in [5.41, 5.74) is 2.54. The zero-order valence-corrected chi connectivity index (χ0v) is 11.5. The van der Waals surface area contributed by atoms with Gasteiger partial charge in [-0.05, 0) is 30.4 Å². The summed E-state index contributed by atoms with van der Waals surface area (Å²) in [5.74, 6) is 0.296. The van der Waals surface area contributed by atoms with E-state index >= 15 is 0 Å². The third kappa shape index (κ3) is 3.09. The average molecular weight is 296 g/mol. The van der Waals surface area contributed by atoms with Gasteiger partial charge in [0.15, 0.2) is 0 Å². The molecule has 1 aliphatic rings. The Hall–Kier alpha value is -0.830. The van der Waals surface area contributed by atoms with E-state index in [-0.39, 0.29) is 11.8 Å². The molecule has 0 bridgehead atoms. The monoisotopic (exact) mass is 295 g/mol. The standard InChI is InChI=1S/C14H18BrNO/c15-8-4-1-5-9-16-14(17)13-10-11-6-2-3-7-12(11)13/h2-3,6-7,13H,1,4-5,8-10H2,(H,16,17). The number of amides is 1. The SMILES string of the molecule is O=C(NCCCCCBr)C1Cc2ccccc21. The molecule has 0 spiro atoms. The van der Waals surface area contributed by atoms with Crippen molar-refractivity contribution in [3.05, 3.63) is 35.4 Å². The predicted octanol–water partition coefficient (Wildman–Crippen LogP) is 3.01. The molecular weight excluding hydrogens is 278 g/mol. The lowest BCUT2D eigenvalue weighted by Gasteiger charge is -2.28. The van der Waals surface area contributed by atoms with Gasteiger partial charge in [-0.1, -0.05) is 46.6 Å². The molecule has 1 unspecified atom stereocenters. The molecule has 1 atom stereocenters. The van der Waals surface area contributed by atoms with Crippen LogP contribution in [0.1, 0.15) is 36.3 Å². The van der Waals surface area contributed by atoms with Gasteiger partial charge in [0.2, 0.25) is 5.91 Å². The number of benzene rings is 1. The first-order valence-corrected chi connectivity index (χ1v) is 7.36. The van der Waals surface area contributed by atoms with Crippen molar-refractivity contribution < 1.29 is 4.79 Å². The number of nitrogens with one attached hydrogen (secondary N) is 1. The number of hydrogen-bond acceptors (Lipinski definition) is 1. The zero-order chi connectivity index (χ0) is 12.1. The highest BCUT2D eigenvalue weighted by atomic mass is 79.9. The van der Waals surface area contributed by atoms with Crippen molar-refractivity contribution in [2.45, 2.75) is 31.6 Å². The molecule has 0 saturated heterocycles. The second kappa shape index (κ2) is 6.20. The topological polar surface area (TPSA) is 29.1 Å². The molecule has 1 aromatic carbocycles. The van der Waals surface area contributed by atoms with Gasteiger partial charge in [0.05, 0.1) is 5.92 Å². The summed E-state index contributed by atoms with van der Waals surface area (Å²) in [6.07, 6.45) is 4.34. The van der Waals surface area contributed by atoms with Gasteiger partial charge in [-0.15, -0.1) is 0 Å². The number of unbranched alkanes of at least 4 members (excludes halogenated alkanes) is 2. The van der Waals surface area contributed by atoms with E-state index in [0.29, 0.717) is 0 Å². The van der Waals surface area contributed by atoms with E-state index in [1.165, 1.54) is 24.0 Å². The predicted molar refractivity (Wildman–Crippen MR) is 73.5 cm³/mol. The summed E-state index contributed by atoms with van der Waals surface area (Å²) < 4.78 is 0. The van der Waals surface area contributed by atoms with Crippen LogP contribution >= 0.6 is 15.9 Å². The summed E-state index contributed by atoms with van der Waals surface area (Å²) in [4.78, 5) is 11.9. The van der Waals surface area contributed by atoms with Crippen molar-refractivity contribution in [3.8, 4) is 0 Å². The minimum atomic E-state index is 0.0994. The van der Waals surface area contributed by atoms with Gasteiger partial charge in [0, 0.05) is 11.9 Å². The molecule has 0 radical (unpaired) electrons. The third-order valence-electron chi connectivity index (χ3n) is 3.28.